The largest absolute Gasteiger partial charge is 0.444 e. The Labute approximate surface area is 170 Å². The van der Waals surface area contributed by atoms with Gasteiger partial charge in [0.25, 0.3) is 0 Å². The normalized spacial score (nSPS) is 13.6. The number of hydrogen-bond acceptors (Lipinski definition) is 6. The maximum absolute atomic E-state index is 11.6. The molecule has 0 atom stereocenters. The molecule has 3 rings (SSSR count). The number of nitrogens with one attached hydrogen (secondary N) is 1. The summed E-state index contributed by atoms with van der Waals surface area (Å²) in [5.74, 6) is 1.69. The molecular weight excluding hydrogens is 374 g/mol. The van der Waals surface area contributed by atoms with Crippen molar-refractivity contribution in [2.24, 2.45) is 5.10 Å². The van der Waals surface area contributed by atoms with E-state index in [1.807, 2.05) is 43.6 Å². The van der Waals surface area contributed by atoms with E-state index in [4.69, 9.17) is 9.84 Å². The molecule has 8 heteroatoms. The van der Waals surface area contributed by atoms with Crippen LogP contribution >= 0.6 is 11.8 Å². The third-order valence-corrected chi connectivity index (χ3v) is 5.02. The molecule has 2 heterocycles. The van der Waals surface area contributed by atoms with Crippen molar-refractivity contribution in [2.45, 2.75) is 57.2 Å². The molecule has 0 bridgehead atoms. The van der Waals surface area contributed by atoms with Gasteiger partial charge in [-0.3, -0.25) is 0 Å². The second-order valence-electron chi connectivity index (χ2n) is 7.65. The topological polar surface area (TPSA) is 81.4 Å². The van der Waals surface area contributed by atoms with E-state index in [0.717, 1.165) is 53.7 Å². The van der Waals surface area contributed by atoms with Gasteiger partial charge in [-0.25, -0.2) is 4.79 Å². The Kier molecular flexibility index (Phi) is 6.72. The molecule has 1 aromatic heterocycles. The second kappa shape index (κ2) is 9.23. The van der Waals surface area contributed by atoms with Gasteiger partial charge in [0, 0.05) is 18.7 Å². The Bertz CT molecular complexity index is 827. The van der Waals surface area contributed by atoms with Crippen LogP contribution < -0.4 is 5.32 Å². The fourth-order valence-corrected chi connectivity index (χ4v) is 3.64. The Balaban J connectivity index is 1.46. The van der Waals surface area contributed by atoms with E-state index in [1.54, 1.807) is 11.8 Å². The molecule has 0 saturated heterocycles. The number of carbonyl (C=O) groups excluding carboxylic acids is 1. The molecule has 28 heavy (non-hydrogen) atoms. The second-order valence-corrected chi connectivity index (χ2v) is 8.59. The molecule has 7 nitrogen and oxygen atoms in total. The van der Waals surface area contributed by atoms with Gasteiger partial charge < -0.3 is 10.1 Å². The first-order valence-electron chi connectivity index (χ1n) is 9.59. The number of aryl methyl sites for hydroxylation is 1. The highest BCUT2D eigenvalue weighted by atomic mass is 32.2. The molecule has 0 unspecified atom stereocenters. The minimum Gasteiger partial charge on any atom is -0.444 e. The molecule has 150 valence electrons. The maximum atomic E-state index is 11.6. The van der Waals surface area contributed by atoms with E-state index >= 15 is 0 Å². The molecular formula is C20H27N5O2S. The van der Waals surface area contributed by atoms with Gasteiger partial charge in [-0.05, 0) is 39.2 Å². The van der Waals surface area contributed by atoms with Crippen molar-refractivity contribution < 1.29 is 9.53 Å². The minimum absolute atomic E-state index is 0.362. The van der Waals surface area contributed by atoms with Crippen molar-refractivity contribution in [1.29, 1.82) is 0 Å². The lowest BCUT2D eigenvalue weighted by molar-refractivity contribution is 0.0527. The van der Waals surface area contributed by atoms with Gasteiger partial charge in [0.15, 0.2) is 5.82 Å². The van der Waals surface area contributed by atoms with Crippen LogP contribution in [-0.4, -0.2) is 44.6 Å². The van der Waals surface area contributed by atoms with Crippen LogP contribution in [-0.2, 0) is 11.2 Å². The van der Waals surface area contributed by atoms with Crippen LogP contribution in [0.1, 0.15) is 51.4 Å². The fourth-order valence-electron chi connectivity index (χ4n) is 2.79. The molecule has 1 aromatic carbocycles. The summed E-state index contributed by atoms with van der Waals surface area (Å²) < 4.78 is 7.09. The van der Waals surface area contributed by atoms with Gasteiger partial charge >= 0.3 is 6.09 Å². The van der Waals surface area contributed by atoms with Crippen LogP contribution in [0.2, 0.25) is 0 Å². The number of fused-ring (bicyclic) bond motifs is 1. The van der Waals surface area contributed by atoms with Crippen LogP contribution in [0, 0.1) is 0 Å². The molecule has 2 aromatic rings. The van der Waals surface area contributed by atoms with E-state index < -0.39 is 5.60 Å². The quantitative estimate of drug-likeness (QED) is 0.712. The van der Waals surface area contributed by atoms with E-state index in [-0.39, 0.29) is 6.09 Å². The summed E-state index contributed by atoms with van der Waals surface area (Å²) in [7, 11) is 0. The Hall–Kier alpha value is -2.35. The SMILES string of the molecule is CC(C)(C)OC(=O)NCCCCCc1nnc2n1N=C(c1ccccc1)CS2. The zero-order valence-corrected chi connectivity index (χ0v) is 17.5. The van der Waals surface area contributed by atoms with Crippen molar-refractivity contribution in [2.75, 3.05) is 12.3 Å². The zero-order valence-electron chi connectivity index (χ0n) is 16.6. The number of alkyl carbamates (subject to hydrolysis) is 1. The predicted octanol–water partition coefficient (Wildman–Crippen LogP) is 3.87. The number of nitrogens with zero attached hydrogens (tertiary/aromatic N) is 4. The lowest BCUT2D eigenvalue weighted by atomic mass is 10.1. The first kappa shape index (κ1) is 20.4. The van der Waals surface area contributed by atoms with E-state index in [1.165, 1.54) is 0 Å². The van der Waals surface area contributed by atoms with Gasteiger partial charge in [0.2, 0.25) is 5.16 Å². The average molecular weight is 402 g/mol. The predicted molar refractivity (Wildman–Crippen MR) is 111 cm³/mol. The van der Waals surface area contributed by atoms with E-state index in [2.05, 4.69) is 27.6 Å². The molecule has 1 aliphatic rings. The summed E-state index contributed by atoms with van der Waals surface area (Å²) in [6.45, 7) is 6.18. The van der Waals surface area contributed by atoms with Crippen LogP contribution in [0.15, 0.2) is 40.6 Å². The number of amides is 1. The summed E-state index contributed by atoms with van der Waals surface area (Å²) >= 11 is 1.66. The van der Waals surface area contributed by atoms with Crippen molar-refractivity contribution in [3.05, 3.63) is 41.7 Å². The minimum atomic E-state index is -0.464. The van der Waals surface area contributed by atoms with Crippen molar-refractivity contribution in [1.82, 2.24) is 20.2 Å². The summed E-state index contributed by atoms with van der Waals surface area (Å²) in [5.41, 5.74) is 1.71. The van der Waals surface area contributed by atoms with Gasteiger partial charge in [-0.15, -0.1) is 10.2 Å². The summed E-state index contributed by atoms with van der Waals surface area (Å²) in [4.78, 5) is 11.6. The number of aromatic nitrogens is 3. The average Bonchev–Trinajstić information content (AvgIpc) is 3.06. The highest BCUT2D eigenvalue weighted by Crippen LogP contribution is 2.24. The smallest absolute Gasteiger partial charge is 0.407 e. The van der Waals surface area contributed by atoms with Crippen LogP contribution in [0.3, 0.4) is 0 Å². The van der Waals surface area contributed by atoms with Crippen LogP contribution in [0.4, 0.5) is 4.79 Å². The number of hydrogen-bond donors (Lipinski definition) is 1. The summed E-state index contributed by atoms with van der Waals surface area (Å²) in [6, 6.07) is 10.2. The first-order chi connectivity index (χ1) is 13.4. The third kappa shape index (κ3) is 5.82. The molecule has 0 fully saturated rings. The molecule has 0 spiro atoms. The van der Waals surface area contributed by atoms with Crippen molar-refractivity contribution >= 4 is 23.6 Å². The van der Waals surface area contributed by atoms with Gasteiger partial charge in [0.1, 0.15) is 5.60 Å². The highest BCUT2D eigenvalue weighted by molar-refractivity contribution is 7.99. The highest BCUT2D eigenvalue weighted by Gasteiger charge is 2.19. The van der Waals surface area contributed by atoms with E-state index in [0.29, 0.717) is 6.54 Å². The van der Waals surface area contributed by atoms with Crippen molar-refractivity contribution in [3.63, 3.8) is 0 Å². The molecule has 1 N–H and O–H groups in total. The number of rotatable bonds is 7. The van der Waals surface area contributed by atoms with Gasteiger partial charge in [-0.1, -0.05) is 48.5 Å². The summed E-state index contributed by atoms with van der Waals surface area (Å²) in [5, 5.41) is 17.0. The standard InChI is InChI=1S/C20H27N5O2S/c1-20(2,3)27-19(26)21-13-9-5-8-12-17-22-23-18-25(17)24-16(14-28-18)15-10-6-4-7-11-15/h4,6-7,10-11H,5,8-9,12-14H2,1-3H3,(H,21,26). The number of thioether (sulfide) groups is 1. The van der Waals surface area contributed by atoms with E-state index in [9.17, 15) is 4.79 Å². The van der Waals surface area contributed by atoms with Crippen molar-refractivity contribution in [3.8, 4) is 0 Å². The van der Waals surface area contributed by atoms with Crippen LogP contribution in [0.25, 0.3) is 0 Å². The number of unbranched alkanes of at least 4 members (excludes halogenated alkanes) is 2. The number of carbonyl (C=O) groups is 1. The zero-order chi connectivity index (χ0) is 20.0. The molecule has 1 amide bonds. The molecule has 0 saturated carbocycles. The Morgan fingerprint density at radius 1 is 1.18 bits per heavy atom. The van der Waals surface area contributed by atoms with Crippen LogP contribution in [0.5, 0.6) is 0 Å². The third-order valence-electron chi connectivity index (χ3n) is 4.09. The maximum Gasteiger partial charge on any atom is 0.407 e. The van der Waals surface area contributed by atoms with Gasteiger partial charge in [-0.2, -0.15) is 9.78 Å². The lowest BCUT2D eigenvalue weighted by Gasteiger charge is -2.19. The molecule has 0 aliphatic carbocycles. The molecule has 1 aliphatic heterocycles. The summed E-state index contributed by atoms with van der Waals surface area (Å²) in [6.07, 6.45) is 3.30. The number of ether oxygens (including phenoxy) is 1. The Morgan fingerprint density at radius 3 is 2.71 bits per heavy atom. The van der Waals surface area contributed by atoms with Gasteiger partial charge in [0.05, 0.1) is 5.71 Å². The Morgan fingerprint density at radius 2 is 1.96 bits per heavy atom. The first-order valence-corrected chi connectivity index (χ1v) is 10.6. The lowest BCUT2D eigenvalue weighted by Crippen LogP contribution is -2.32. The molecule has 0 radical (unpaired) electrons. The number of benzene rings is 1. The fraction of sp³-hybridized carbons (Fsp3) is 0.500. The monoisotopic (exact) mass is 401 g/mol.